The van der Waals surface area contributed by atoms with Crippen molar-refractivity contribution in [2.75, 3.05) is 19.1 Å². The Labute approximate surface area is 94.9 Å². The van der Waals surface area contributed by atoms with Gasteiger partial charge >= 0.3 is 6.09 Å². The number of ether oxygens (including phenoxy) is 2. The zero-order valence-electron chi connectivity index (χ0n) is 9.27. The van der Waals surface area contributed by atoms with Crippen LogP contribution in [0, 0.1) is 5.92 Å². The van der Waals surface area contributed by atoms with Crippen LogP contribution in [0.2, 0.25) is 0 Å². The molecule has 0 aliphatic heterocycles. The standard InChI is InChI=1S/C10H19NO3S/c1-13-8-3-4-9(14-10(11)12)7(5-8)6-15-2/h7-9H,3-6H2,1-2H3,(H2,11,12)/t7-,8-,9+/m1/s1. The Morgan fingerprint density at radius 1 is 1.53 bits per heavy atom. The second kappa shape index (κ2) is 6.23. The second-order valence-corrected chi connectivity index (χ2v) is 4.77. The van der Waals surface area contributed by atoms with Crippen molar-refractivity contribution in [2.24, 2.45) is 11.7 Å². The van der Waals surface area contributed by atoms with Crippen molar-refractivity contribution in [1.82, 2.24) is 0 Å². The molecule has 0 heterocycles. The third-order valence-corrected chi connectivity index (χ3v) is 3.61. The average Bonchev–Trinajstić information content (AvgIpc) is 2.20. The molecule has 0 aromatic heterocycles. The molecule has 0 bridgehead atoms. The van der Waals surface area contributed by atoms with Gasteiger partial charge in [-0.2, -0.15) is 11.8 Å². The van der Waals surface area contributed by atoms with E-state index in [0.717, 1.165) is 25.0 Å². The number of carbonyl (C=O) groups excluding carboxylic acids is 1. The lowest BCUT2D eigenvalue weighted by molar-refractivity contribution is -0.0132. The van der Waals surface area contributed by atoms with Gasteiger partial charge in [-0.05, 0) is 31.3 Å². The van der Waals surface area contributed by atoms with E-state index in [0.29, 0.717) is 12.0 Å². The Balaban J connectivity index is 2.50. The van der Waals surface area contributed by atoms with Crippen molar-refractivity contribution < 1.29 is 14.3 Å². The van der Waals surface area contributed by atoms with Crippen molar-refractivity contribution in [3.63, 3.8) is 0 Å². The molecule has 2 N–H and O–H groups in total. The van der Waals surface area contributed by atoms with Gasteiger partial charge in [-0.25, -0.2) is 4.79 Å². The first kappa shape index (κ1) is 12.6. The minimum Gasteiger partial charge on any atom is -0.446 e. The molecule has 1 saturated carbocycles. The summed E-state index contributed by atoms with van der Waals surface area (Å²) < 4.78 is 10.5. The molecule has 1 amide bonds. The number of hydrogen-bond acceptors (Lipinski definition) is 4. The van der Waals surface area contributed by atoms with E-state index < -0.39 is 6.09 Å². The van der Waals surface area contributed by atoms with Gasteiger partial charge in [0, 0.05) is 13.0 Å². The van der Waals surface area contributed by atoms with Crippen LogP contribution in [0.25, 0.3) is 0 Å². The Hall–Kier alpha value is -0.420. The van der Waals surface area contributed by atoms with E-state index in [1.807, 2.05) is 0 Å². The van der Waals surface area contributed by atoms with E-state index in [-0.39, 0.29) is 6.10 Å². The summed E-state index contributed by atoms with van der Waals surface area (Å²) in [6.45, 7) is 0. The number of primary amides is 1. The molecule has 0 saturated heterocycles. The number of nitrogens with two attached hydrogens (primary N) is 1. The van der Waals surface area contributed by atoms with Crippen molar-refractivity contribution >= 4 is 17.9 Å². The maximum atomic E-state index is 10.7. The summed E-state index contributed by atoms with van der Waals surface area (Å²) in [5.74, 6) is 1.35. The molecule has 1 rings (SSSR count). The van der Waals surface area contributed by atoms with Gasteiger partial charge in [-0.3, -0.25) is 0 Å². The van der Waals surface area contributed by atoms with Crippen LogP contribution in [0.5, 0.6) is 0 Å². The zero-order chi connectivity index (χ0) is 11.3. The summed E-state index contributed by atoms with van der Waals surface area (Å²) in [5, 5.41) is 0. The summed E-state index contributed by atoms with van der Waals surface area (Å²) in [7, 11) is 1.73. The Morgan fingerprint density at radius 3 is 2.80 bits per heavy atom. The van der Waals surface area contributed by atoms with Crippen LogP contribution < -0.4 is 5.73 Å². The maximum Gasteiger partial charge on any atom is 0.404 e. The highest BCUT2D eigenvalue weighted by molar-refractivity contribution is 7.98. The van der Waals surface area contributed by atoms with Gasteiger partial charge in [0.15, 0.2) is 0 Å². The lowest BCUT2D eigenvalue weighted by atomic mass is 9.85. The van der Waals surface area contributed by atoms with E-state index in [1.54, 1.807) is 18.9 Å². The Kier molecular flexibility index (Phi) is 5.25. The molecule has 0 spiro atoms. The quantitative estimate of drug-likeness (QED) is 0.801. The predicted octanol–water partition coefficient (Wildman–Crippen LogP) is 1.63. The normalized spacial score (nSPS) is 31.2. The van der Waals surface area contributed by atoms with E-state index in [1.165, 1.54) is 0 Å². The number of hydrogen-bond donors (Lipinski definition) is 1. The van der Waals surface area contributed by atoms with E-state index in [4.69, 9.17) is 15.2 Å². The van der Waals surface area contributed by atoms with E-state index in [2.05, 4.69) is 6.26 Å². The SMILES string of the molecule is CO[C@@H]1CC[C@H](OC(N)=O)[C@@H](CSC)C1. The molecule has 0 aromatic rings. The molecular formula is C10H19NO3S. The Bertz CT molecular complexity index is 213. The van der Waals surface area contributed by atoms with Gasteiger partial charge in [0.25, 0.3) is 0 Å². The third-order valence-electron chi connectivity index (χ3n) is 2.85. The highest BCUT2D eigenvalue weighted by Crippen LogP contribution is 2.30. The van der Waals surface area contributed by atoms with E-state index >= 15 is 0 Å². The minimum atomic E-state index is -0.665. The summed E-state index contributed by atoms with van der Waals surface area (Å²) in [6, 6.07) is 0. The summed E-state index contributed by atoms with van der Waals surface area (Å²) in [6.07, 6.45) is 4.41. The topological polar surface area (TPSA) is 61.6 Å². The van der Waals surface area contributed by atoms with Gasteiger partial charge < -0.3 is 15.2 Å². The van der Waals surface area contributed by atoms with Crippen LogP contribution in [0.15, 0.2) is 0 Å². The van der Waals surface area contributed by atoms with Crippen LogP contribution in [0.3, 0.4) is 0 Å². The number of rotatable bonds is 4. The largest absolute Gasteiger partial charge is 0.446 e. The summed E-state index contributed by atoms with van der Waals surface area (Å²) >= 11 is 1.76. The smallest absolute Gasteiger partial charge is 0.404 e. The second-order valence-electron chi connectivity index (χ2n) is 3.86. The molecule has 0 radical (unpaired) electrons. The summed E-state index contributed by atoms with van der Waals surface area (Å²) in [5.41, 5.74) is 5.05. The van der Waals surface area contributed by atoms with Gasteiger partial charge in [-0.1, -0.05) is 0 Å². The van der Waals surface area contributed by atoms with Crippen LogP contribution in [-0.2, 0) is 9.47 Å². The fourth-order valence-corrected chi connectivity index (χ4v) is 2.88. The predicted molar refractivity (Wildman–Crippen MR) is 61.0 cm³/mol. The first-order valence-corrected chi connectivity index (χ1v) is 6.54. The fourth-order valence-electron chi connectivity index (χ4n) is 2.10. The van der Waals surface area contributed by atoms with Crippen LogP contribution in [0.1, 0.15) is 19.3 Å². The highest BCUT2D eigenvalue weighted by atomic mass is 32.2. The van der Waals surface area contributed by atoms with Crippen molar-refractivity contribution in [1.29, 1.82) is 0 Å². The van der Waals surface area contributed by atoms with E-state index in [9.17, 15) is 4.79 Å². The van der Waals surface area contributed by atoms with Gasteiger partial charge in [-0.15, -0.1) is 0 Å². The minimum absolute atomic E-state index is 0.0265. The lowest BCUT2D eigenvalue weighted by Crippen LogP contribution is -2.38. The monoisotopic (exact) mass is 233 g/mol. The Morgan fingerprint density at radius 2 is 2.27 bits per heavy atom. The molecule has 88 valence electrons. The number of carbonyl (C=O) groups is 1. The maximum absolute atomic E-state index is 10.7. The molecule has 0 unspecified atom stereocenters. The van der Waals surface area contributed by atoms with Gasteiger partial charge in [0.05, 0.1) is 6.10 Å². The lowest BCUT2D eigenvalue weighted by Gasteiger charge is -2.34. The van der Waals surface area contributed by atoms with Crippen LogP contribution >= 0.6 is 11.8 Å². The highest BCUT2D eigenvalue weighted by Gasteiger charge is 2.32. The molecule has 3 atom stereocenters. The molecule has 5 heteroatoms. The molecule has 1 aliphatic rings. The molecule has 4 nitrogen and oxygen atoms in total. The first-order chi connectivity index (χ1) is 7.17. The molecule has 1 aliphatic carbocycles. The molecule has 0 aromatic carbocycles. The van der Waals surface area contributed by atoms with Crippen LogP contribution in [0.4, 0.5) is 4.79 Å². The third kappa shape index (κ3) is 3.91. The van der Waals surface area contributed by atoms with Crippen LogP contribution in [-0.4, -0.2) is 37.4 Å². The summed E-state index contributed by atoms with van der Waals surface area (Å²) in [4.78, 5) is 10.7. The van der Waals surface area contributed by atoms with Crippen molar-refractivity contribution in [3.8, 4) is 0 Å². The number of thioether (sulfide) groups is 1. The fraction of sp³-hybridized carbons (Fsp3) is 0.900. The number of methoxy groups -OCH3 is 1. The zero-order valence-corrected chi connectivity index (χ0v) is 10.1. The van der Waals surface area contributed by atoms with Gasteiger partial charge in [0.1, 0.15) is 6.10 Å². The van der Waals surface area contributed by atoms with Crippen molar-refractivity contribution in [3.05, 3.63) is 0 Å². The van der Waals surface area contributed by atoms with Gasteiger partial charge in [0.2, 0.25) is 0 Å². The average molecular weight is 233 g/mol. The number of amides is 1. The molecule has 1 fully saturated rings. The van der Waals surface area contributed by atoms with Crippen molar-refractivity contribution in [2.45, 2.75) is 31.5 Å². The first-order valence-electron chi connectivity index (χ1n) is 5.15. The molecule has 15 heavy (non-hydrogen) atoms. The molecular weight excluding hydrogens is 214 g/mol.